The van der Waals surface area contributed by atoms with Crippen LogP contribution in [0.15, 0.2) is 12.2 Å². The van der Waals surface area contributed by atoms with Gasteiger partial charge in [0.15, 0.2) is 12.6 Å². The summed E-state index contributed by atoms with van der Waals surface area (Å²) in [5.74, 6) is -0.383. The van der Waals surface area contributed by atoms with E-state index >= 15 is 0 Å². The zero-order chi connectivity index (χ0) is 46.6. The van der Waals surface area contributed by atoms with E-state index in [-0.39, 0.29) is 25.6 Å². The van der Waals surface area contributed by atoms with Gasteiger partial charge in [0.25, 0.3) is 0 Å². The standard InChI is InChI=1S/C50H94O14/c1-3-5-7-9-11-12-13-14-15-16-17-18-19-20-21-22-23-24-25-26-27-28-30-32-34-59-36-39(62-42(52)33-31-29-10-8-6-4-2)37-60-49-48(58)46(56)44(54)41(64-49)38-61-50-47(57)45(55)43(53)40(35-51)63-50/h16-17,39-41,43-51,53-58H,3-15,18-38H2,1-2H3/b17-16-. The van der Waals surface area contributed by atoms with E-state index in [1.165, 1.54) is 128 Å². The first-order valence-electron chi connectivity index (χ1n) is 25.8. The molecule has 2 heterocycles. The summed E-state index contributed by atoms with van der Waals surface area (Å²) in [4.78, 5) is 12.8. The third kappa shape index (κ3) is 26.3. The molecule has 64 heavy (non-hydrogen) atoms. The van der Waals surface area contributed by atoms with E-state index in [0.717, 1.165) is 44.9 Å². The van der Waals surface area contributed by atoms with Gasteiger partial charge < -0.3 is 64.2 Å². The Morgan fingerprint density at radius 3 is 1.42 bits per heavy atom. The summed E-state index contributed by atoms with van der Waals surface area (Å²) in [5, 5.41) is 71.8. The lowest BCUT2D eigenvalue weighted by Gasteiger charge is -2.42. The molecular formula is C50H94O14. The lowest BCUT2D eigenvalue weighted by Crippen LogP contribution is -2.61. The Morgan fingerprint density at radius 2 is 0.922 bits per heavy atom. The summed E-state index contributed by atoms with van der Waals surface area (Å²) in [7, 11) is 0. The van der Waals surface area contributed by atoms with Gasteiger partial charge in [0.1, 0.15) is 54.9 Å². The molecule has 2 saturated heterocycles. The van der Waals surface area contributed by atoms with Crippen LogP contribution < -0.4 is 0 Å². The lowest BCUT2D eigenvalue weighted by atomic mass is 9.98. The van der Waals surface area contributed by atoms with Crippen LogP contribution in [0.5, 0.6) is 0 Å². The van der Waals surface area contributed by atoms with Gasteiger partial charge in [-0.2, -0.15) is 0 Å². The maximum absolute atomic E-state index is 12.8. The summed E-state index contributed by atoms with van der Waals surface area (Å²) in [6, 6.07) is 0. The molecule has 7 N–H and O–H groups in total. The molecule has 378 valence electrons. The molecule has 0 aliphatic carbocycles. The number of aliphatic hydroxyl groups excluding tert-OH is 7. The van der Waals surface area contributed by atoms with Crippen LogP contribution >= 0.6 is 0 Å². The predicted molar refractivity (Wildman–Crippen MR) is 247 cm³/mol. The van der Waals surface area contributed by atoms with Gasteiger partial charge in [0, 0.05) is 13.0 Å². The maximum atomic E-state index is 12.8. The highest BCUT2D eigenvalue weighted by atomic mass is 16.7. The molecular weight excluding hydrogens is 825 g/mol. The molecule has 11 unspecified atom stereocenters. The van der Waals surface area contributed by atoms with E-state index in [4.69, 9.17) is 28.4 Å². The normalized spacial score (nSPS) is 26.8. The van der Waals surface area contributed by atoms with Gasteiger partial charge >= 0.3 is 5.97 Å². The molecule has 0 saturated carbocycles. The Bertz CT molecular complexity index is 1110. The van der Waals surface area contributed by atoms with E-state index in [0.29, 0.717) is 13.0 Å². The molecule has 0 bridgehead atoms. The van der Waals surface area contributed by atoms with Crippen molar-refractivity contribution in [3.8, 4) is 0 Å². The fourth-order valence-corrected chi connectivity index (χ4v) is 8.28. The van der Waals surface area contributed by atoms with Crippen LogP contribution in [-0.2, 0) is 33.2 Å². The van der Waals surface area contributed by atoms with Gasteiger partial charge in [-0.1, -0.05) is 167 Å². The Kier molecular flexibility index (Phi) is 35.6. The van der Waals surface area contributed by atoms with Crippen molar-refractivity contribution >= 4 is 5.97 Å². The number of allylic oxidation sites excluding steroid dienone is 2. The van der Waals surface area contributed by atoms with Crippen molar-refractivity contribution in [3.63, 3.8) is 0 Å². The van der Waals surface area contributed by atoms with Crippen LogP contribution in [0.25, 0.3) is 0 Å². The number of aliphatic hydroxyl groups is 7. The number of esters is 1. The third-order valence-corrected chi connectivity index (χ3v) is 12.5. The minimum atomic E-state index is -1.70. The van der Waals surface area contributed by atoms with E-state index in [1.54, 1.807) is 0 Å². The number of unbranched alkanes of at least 4 members (excludes halogenated alkanes) is 25. The van der Waals surface area contributed by atoms with Crippen molar-refractivity contribution in [2.45, 2.75) is 268 Å². The van der Waals surface area contributed by atoms with Crippen molar-refractivity contribution < 1.29 is 69.0 Å². The number of hydrogen-bond acceptors (Lipinski definition) is 14. The van der Waals surface area contributed by atoms with Crippen LogP contribution in [0.3, 0.4) is 0 Å². The maximum Gasteiger partial charge on any atom is 0.306 e. The number of hydrogen-bond donors (Lipinski definition) is 7. The van der Waals surface area contributed by atoms with Gasteiger partial charge in [-0.25, -0.2) is 0 Å². The summed E-state index contributed by atoms with van der Waals surface area (Å²) in [5.41, 5.74) is 0. The molecule has 14 nitrogen and oxygen atoms in total. The van der Waals surface area contributed by atoms with Crippen molar-refractivity contribution in [1.29, 1.82) is 0 Å². The molecule has 14 heteroatoms. The monoisotopic (exact) mass is 919 g/mol. The largest absolute Gasteiger partial charge is 0.457 e. The summed E-state index contributed by atoms with van der Waals surface area (Å²) in [6.07, 6.45) is 23.3. The average Bonchev–Trinajstić information content (AvgIpc) is 3.29. The second-order valence-electron chi connectivity index (χ2n) is 18.3. The molecule has 2 rings (SSSR count). The number of ether oxygens (including phenoxy) is 6. The third-order valence-electron chi connectivity index (χ3n) is 12.5. The van der Waals surface area contributed by atoms with Gasteiger partial charge in [0.05, 0.1) is 26.4 Å². The minimum Gasteiger partial charge on any atom is -0.457 e. The zero-order valence-electron chi connectivity index (χ0n) is 40.0. The highest BCUT2D eigenvalue weighted by Gasteiger charge is 2.47. The Balaban J connectivity index is 1.63. The SMILES string of the molecule is CCCCCCCCCC/C=C\CCCCCCCCCCCCCCOCC(COC1OC(COC2OC(CO)C(O)C(O)C2O)C(O)C(O)C1O)OC(=O)CCCCCCCC. The smallest absolute Gasteiger partial charge is 0.306 e. The number of carbonyl (C=O) groups is 1. The van der Waals surface area contributed by atoms with Gasteiger partial charge in [0.2, 0.25) is 0 Å². The van der Waals surface area contributed by atoms with E-state index < -0.39 is 80.7 Å². The van der Waals surface area contributed by atoms with Crippen LogP contribution in [0.4, 0.5) is 0 Å². The molecule has 2 fully saturated rings. The Labute approximate surface area is 386 Å². The van der Waals surface area contributed by atoms with Gasteiger partial charge in [-0.05, 0) is 38.5 Å². The number of rotatable bonds is 41. The first-order chi connectivity index (χ1) is 31.1. The van der Waals surface area contributed by atoms with Crippen LogP contribution in [0.1, 0.15) is 200 Å². The first kappa shape index (κ1) is 58.9. The van der Waals surface area contributed by atoms with Gasteiger partial charge in [-0.3, -0.25) is 4.79 Å². The van der Waals surface area contributed by atoms with E-state index in [9.17, 15) is 40.5 Å². The summed E-state index contributed by atoms with van der Waals surface area (Å²) in [6.45, 7) is 3.64. The second kappa shape index (κ2) is 38.7. The fourth-order valence-electron chi connectivity index (χ4n) is 8.28. The zero-order valence-corrected chi connectivity index (χ0v) is 40.0. The molecule has 0 spiro atoms. The second-order valence-corrected chi connectivity index (χ2v) is 18.3. The van der Waals surface area contributed by atoms with E-state index in [2.05, 4.69) is 26.0 Å². The van der Waals surface area contributed by atoms with Crippen molar-refractivity contribution in [1.82, 2.24) is 0 Å². The predicted octanol–water partition coefficient (Wildman–Crippen LogP) is 7.46. The highest BCUT2D eigenvalue weighted by molar-refractivity contribution is 5.69. The highest BCUT2D eigenvalue weighted by Crippen LogP contribution is 2.26. The summed E-state index contributed by atoms with van der Waals surface area (Å²) >= 11 is 0. The van der Waals surface area contributed by atoms with Crippen molar-refractivity contribution in [2.24, 2.45) is 0 Å². The first-order valence-corrected chi connectivity index (χ1v) is 25.8. The molecule has 0 radical (unpaired) electrons. The minimum absolute atomic E-state index is 0.0654. The topological polar surface area (TPSA) is 214 Å². The Morgan fingerprint density at radius 1 is 0.500 bits per heavy atom. The molecule has 0 aromatic carbocycles. The molecule has 0 aromatic rings. The molecule has 0 aromatic heterocycles. The molecule has 2 aliphatic rings. The number of carbonyl (C=O) groups excluding carboxylic acids is 1. The molecule has 0 amide bonds. The lowest BCUT2D eigenvalue weighted by molar-refractivity contribution is -0.332. The van der Waals surface area contributed by atoms with E-state index in [1.807, 2.05) is 0 Å². The fraction of sp³-hybridized carbons (Fsp3) is 0.940. The van der Waals surface area contributed by atoms with Crippen LogP contribution in [-0.4, -0.2) is 142 Å². The van der Waals surface area contributed by atoms with Gasteiger partial charge in [-0.15, -0.1) is 0 Å². The van der Waals surface area contributed by atoms with Crippen LogP contribution in [0.2, 0.25) is 0 Å². The molecule has 2 aliphatic heterocycles. The van der Waals surface area contributed by atoms with Crippen LogP contribution in [0, 0.1) is 0 Å². The van der Waals surface area contributed by atoms with Crippen molar-refractivity contribution in [2.75, 3.05) is 33.0 Å². The summed E-state index contributed by atoms with van der Waals surface area (Å²) < 4.78 is 34.1. The average molecular weight is 919 g/mol. The Hall–Kier alpha value is -1.27. The quantitative estimate of drug-likeness (QED) is 0.0180. The van der Waals surface area contributed by atoms with Crippen molar-refractivity contribution in [3.05, 3.63) is 12.2 Å². The molecule has 11 atom stereocenters.